The zero-order valence-corrected chi connectivity index (χ0v) is 13.2. The summed E-state index contributed by atoms with van der Waals surface area (Å²) < 4.78 is 8.05. The van der Waals surface area contributed by atoms with Gasteiger partial charge in [0.1, 0.15) is 11.3 Å². The summed E-state index contributed by atoms with van der Waals surface area (Å²) in [5.74, 6) is 0.931. The van der Waals surface area contributed by atoms with Gasteiger partial charge in [0.15, 0.2) is 0 Å². The molecule has 1 unspecified atom stereocenters. The molecule has 4 nitrogen and oxygen atoms in total. The number of aryl methyl sites for hydroxylation is 3. The van der Waals surface area contributed by atoms with E-state index in [2.05, 4.69) is 48.5 Å². The highest BCUT2D eigenvalue weighted by molar-refractivity contribution is 5.81. The van der Waals surface area contributed by atoms with Crippen LogP contribution in [0.3, 0.4) is 0 Å². The minimum Gasteiger partial charge on any atom is -0.459 e. The number of hydrogen-bond acceptors (Lipinski definition) is 3. The van der Waals surface area contributed by atoms with E-state index in [1.54, 1.807) is 0 Å². The molecule has 0 spiro atoms. The molecular weight excluding hydrogens is 262 g/mol. The van der Waals surface area contributed by atoms with Gasteiger partial charge in [-0.05, 0) is 39.4 Å². The van der Waals surface area contributed by atoms with Crippen LogP contribution in [0.2, 0.25) is 0 Å². The molecule has 0 aliphatic rings. The Hall–Kier alpha value is -2.07. The summed E-state index contributed by atoms with van der Waals surface area (Å²) in [6, 6.07) is 8.36. The third kappa shape index (κ3) is 2.16. The van der Waals surface area contributed by atoms with Crippen LogP contribution in [-0.4, -0.2) is 16.8 Å². The molecule has 2 aromatic heterocycles. The summed E-state index contributed by atoms with van der Waals surface area (Å²) >= 11 is 0. The number of aromatic nitrogens is 2. The molecule has 1 atom stereocenters. The summed E-state index contributed by atoms with van der Waals surface area (Å²) in [7, 11) is 3.93. The molecule has 0 fully saturated rings. The van der Waals surface area contributed by atoms with Crippen LogP contribution in [0.1, 0.15) is 34.3 Å². The Morgan fingerprint density at radius 2 is 2.00 bits per heavy atom. The van der Waals surface area contributed by atoms with Crippen molar-refractivity contribution in [1.29, 1.82) is 0 Å². The fourth-order valence-corrected chi connectivity index (χ4v) is 3.01. The standard InChI is InChI=1S/C17H21N3O/c1-10-7-6-8-13-9-14(21-17(10)13)16(18-4)15-11(2)19-20(5)12(15)3/h6-9,16,18H,1-5H3. The molecule has 21 heavy (non-hydrogen) atoms. The highest BCUT2D eigenvalue weighted by Gasteiger charge is 2.23. The van der Waals surface area contributed by atoms with Gasteiger partial charge >= 0.3 is 0 Å². The Kier molecular flexibility index (Phi) is 3.33. The molecule has 0 aliphatic heterocycles. The van der Waals surface area contributed by atoms with E-state index in [0.717, 1.165) is 33.7 Å². The molecule has 3 rings (SSSR count). The van der Waals surface area contributed by atoms with Gasteiger partial charge in [-0.1, -0.05) is 18.2 Å². The first kappa shape index (κ1) is 13.9. The van der Waals surface area contributed by atoms with Crippen LogP contribution in [0, 0.1) is 20.8 Å². The first-order valence-electron chi connectivity index (χ1n) is 7.19. The largest absolute Gasteiger partial charge is 0.459 e. The van der Waals surface area contributed by atoms with E-state index < -0.39 is 0 Å². The van der Waals surface area contributed by atoms with Gasteiger partial charge in [-0.15, -0.1) is 0 Å². The van der Waals surface area contributed by atoms with Gasteiger partial charge in [0.05, 0.1) is 11.7 Å². The van der Waals surface area contributed by atoms with Crippen molar-refractivity contribution < 1.29 is 4.42 Å². The van der Waals surface area contributed by atoms with Crippen molar-refractivity contribution in [2.75, 3.05) is 7.05 Å². The van der Waals surface area contributed by atoms with Crippen LogP contribution in [0.25, 0.3) is 11.0 Å². The van der Waals surface area contributed by atoms with Gasteiger partial charge in [0.25, 0.3) is 0 Å². The van der Waals surface area contributed by atoms with Crippen molar-refractivity contribution in [3.05, 3.63) is 52.5 Å². The monoisotopic (exact) mass is 283 g/mol. The number of nitrogens with one attached hydrogen (secondary N) is 1. The molecule has 3 aromatic rings. The van der Waals surface area contributed by atoms with E-state index in [4.69, 9.17) is 4.42 Å². The number of furan rings is 1. The van der Waals surface area contributed by atoms with Crippen molar-refractivity contribution in [1.82, 2.24) is 15.1 Å². The molecule has 1 aromatic carbocycles. The highest BCUT2D eigenvalue weighted by Crippen LogP contribution is 2.32. The summed E-state index contributed by atoms with van der Waals surface area (Å²) in [5, 5.41) is 9.02. The van der Waals surface area contributed by atoms with Crippen LogP contribution in [-0.2, 0) is 7.05 Å². The molecule has 0 saturated heterocycles. The first-order valence-corrected chi connectivity index (χ1v) is 7.19. The summed E-state index contributed by atoms with van der Waals surface area (Å²) in [4.78, 5) is 0. The molecule has 0 bridgehead atoms. The lowest BCUT2D eigenvalue weighted by Gasteiger charge is -2.14. The maximum Gasteiger partial charge on any atom is 0.137 e. The van der Waals surface area contributed by atoms with E-state index in [-0.39, 0.29) is 6.04 Å². The quantitative estimate of drug-likeness (QED) is 0.801. The molecule has 4 heteroatoms. The van der Waals surface area contributed by atoms with E-state index in [1.807, 2.05) is 25.7 Å². The van der Waals surface area contributed by atoms with E-state index >= 15 is 0 Å². The van der Waals surface area contributed by atoms with Crippen molar-refractivity contribution >= 4 is 11.0 Å². The smallest absolute Gasteiger partial charge is 0.137 e. The second kappa shape index (κ2) is 5.04. The van der Waals surface area contributed by atoms with Crippen LogP contribution in [0.4, 0.5) is 0 Å². The number of hydrogen-bond donors (Lipinski definition) is 1. The van der Waals surface area contributed by atoms with Crippen LogP contribution >= 0.6 is 0 Å². The van der Waals surface area contributed by atoms with Gasteiger partial charge in [0, 0.05) is 23.7 Å². The Labute approximate surface area is 124 Å². The first-order chi connectivity index (χ1) is 10.0. The number of benzene rings is 1. The number of para-hydroxylation sites is 1. The predicted octanol–water partition coefficient (Wildman–Crippen LogP) is 3.40. The zero-order chi connectivity index (χ0) is 15.1. The summed E-state index contributed by atoms with van der Waals surface area (Å²) in [6.45, 7) is 6.21. The van der Waals surface area contributed by atoms with Crippen LogP contribution in [0.5, 0.6) is 0 Å². The van der Waals surface area contributed by atoms with Gasteiger partial charge in [-0.2, -0.15) is 5.10 Å². The topological polar surface area (TPSA) is 43.0 Å². The Morgan fingerprint density at radius 3 is 2.57 bits per heavy atom. The van der Waals surface area contributed by atoms with Crippen LogP contribution < -0.4 is 5.32 Å². The van der Waals surface area contributed by atoms with Crippen molar-refractivity contribution in [3.63, 3.8) is 0 Å². The lowest BCUT2D eigenvalue weighted by molar-refractivity contribution is 0.488. The third-order valence-electron chi connectivity index (χ3n) is 4.19. The van der Waals surface area contributed by atoms with Crippen molar-refractivity contribution in [2.45, 2.75) is 26.8 Å². The summed E-state index contributed by atoms with van der Waals surface area (Å²) in [5.41, 5.74) is 5.51. The van der Waals surface area contributed by atoms with Gasteiger partial charge in [-0.25, -0.2) is 0 Å². The molecule has 0 radical (unpaired) electrons. The molecule has 0 amide bonds. The molecule has 2 heterocycles. The zero-order valence-electron chi connectivity index (χ0n) is 13.2. The lowest BCUT2D eigenvalue weighted by atomic mass is 10.0. The number of rotatable bonds is 3. The maximum absolute atomic E-state index is 6.13. The van der Waals surface area contributed by atoms with Crippen molar-refractivity contribution in [2.24, 2.45) is 7.05 Å². The summed E-state index contributed by atoms with van der Waals surface area (Å²) in [6.07, 6.45) is 0. The molecule has 0 saturated carbocycles. The lowest BCUT2D eigenvalue weighted by Crippen LogP contribution is -2.18. The normalized spacial score (nSPS) is 13.0. The SMILES string of the molecule is CNC(c1cc2cccc(C)c2o1)c1c(C)nn(C)c1C. The van der Waals surface area contributed by atoms with Crippen molar-refractivity contribution in [3.8, 4) is 0 Å². The third-order valence-corrected chi connectivity index (χ3v) is 4.19. The average molecular weight is 283 g/mol. The number of fused-ring (bicyclic) bond motifs is 1. The second-order valence-electron chi connectivity index (χ2n) is 5.57. The molecule has 1 N–H and O–H groups in total. The fraction of sp³-hybridized carbons (Fsp3) is 0.353. The Morgan fingerprint density at radius 1 is 1.24 bits per heavy atom. The maximum atomic E-state index is 6.13. The van der Waals surface area contributed by atoms with Crippen LogP contribution in [0.15, 0.2) is 28.7 Å². The number of nitrogens with zero attached hydrogens (tertiary/aromatic N) is 2. The van der Waals surface area contributed by atoms with E-state index in [0.29, 0.717) is 0 Å². The van der Waals surface area contributed by atoms with E-state index in [9.17, 15) is 0 Å². The fourth-order valence-electron chi connectivity index (χ4n) is 3.01. The highest BCUT2D eigenvalue weighted by atomic mass is 16.3. The molecule has 110 valence electrons. The van der Waals surface area contributed by atoms with Gasteiger partial charge < -0.3 is 9.73 Å². The minimum absolute atomic E-state index is 0.0190. The molecule has 0 aliphatic carbocycles. The van der Waals surface area contributed by atoms with Gasteiger partial charge in [-0.3, -0.25) is 4.68 Å². The van der Waals surface area contributed by atoms with E-state index in [1.165, 1.54) is 5.56 Å². The van der Waals surface area contributed by atoms with Gasteiger partial charge in [0.2, 0.25) is 0 Å². The second-order valence-corrected chi connectivity index (χ2v) is 5.57. The average Bonchev–Trinajstić information content (AvgIpc) is 2.97. The predicted molar refractivity (Wildman–Crippen MR) is 84.5 cm³/mol. The minimum atomic E-state index is 0.0190. The Balaban J connectivity index is 2.16. The Bertz CT molecular complexity index is 798. The molecular formula is C17H21N3O.